The molecule has 3 rings (SSSR count). The average Bonchev–Trinajstić information content (AvgIpc) is 2.79. The predicted molar refractivity (Wildman–Crippen MR) is 126 cm³/mol. The Balaban J connectivity index is 1.93. The SMILES string of the molecule is CCc1ccc(C2(C(Oc3ccc(C(C)CC)cc3)OC(C)C)CCCCC2)cc1. The average molecular weight is 409 g/mol. The summed E-state index contributed by atoms with van der Waals surface area (Å²) >= 11 is 0. The van der Waals surface area contributed by atoms with Gasteiger partial charge in [-0.3, -0.25) is 0 Å². The summed E-state index contributed by atoms with van der Waals surface area (Å²) in [7, 11) is 0. The highest BCUT2D eigenvalue weighted by molar-refractivity contribution is 5.33. The highest BCUT2D eigenvalue weighted by atomic mass is 16.7. The van der Waals surface area contributed by atoms with E-state index in [1.165, 1.54) is 36.0 Å². The molecule has 0 spiro atoms. The third kappa shape index (κ3) is 5.27. The van der Waals surface area contributed by atoms with Crippen LogP contribution in [0.1, 0.15) is 95.8 Å². The normalized spacial score (nSPS) is 18.2. The maximum atomic E-state index is 6.63. The van der Waals surface area contributed by atoms with Gasteiger partial charge in [0.25, 0.3) is 0 Å². The second-order valence-corrected chi connectivity index (χ2v) is 9.28. The van der Waals surface area contributed by atoms with Crippen LogP contribution in [0.15, 0.2) is 48.5 Å². The smallest absolute Gasteiger partial charge is 0.209 e. The molecule has 0 radical (unpaired) electrons. The number of hydrogen-bond donors (Lipinski definition) is 0. The topological polar surface area (TPSA) is 18.5 Å². The molecule has 0 saturated heterocycles. The van der Waals surface area contributed by atoms with Crippen LogP contribution in [0.4, 0.5) is 0 Å². The van der Waals surface area contributed by atoms with Crippen molar-refractivity contribution in [3.63, 3.8) is 0 Å². The van der Waals surface area contributed by atoms with Gasteiger partial charge in [0.1, 0.15) is 5.75 Å². The van der Waals surface area contributed by atoms with Crippen molar-refractivity contribution in [2.24, 2.45) is 0 Å². The van der Waals surface area contributed by atoms with Gasteiger partial charge in [0.15, 0.2) is 0 Å². The van der Waals surface area contributed by atoms with E-state index in [0.29, 0.717) is 5.92 Å². The van der Waals surface area contributed by atoms with E-state index in [9.17, 15) is 0 Å². The van der Waals surface area contributed by atoms with E-state index in [2.05, 4.69) is 83.1 Å². The van der Waals surface area contributed by atoms with E-state index in [1.54, 1.807) is 0 Å². The van der Waals surface area contributed by atoms with Gasteiger partial charge in [-0.15, -0.1) is 0 Å². The molecule has 164 valence electrons. The van der Waals surface area contributed by atoms with Crippen LogP contribution in [-0.2, 0) is 16.6 Å². The van der Waals surface area contributed by atoms with E-state index in [4.69, 9.17) is 9.47 Å². The summed E-state index contributed by atoms with van der Waals surface area (Å²) in [6.07, 6.45) is 8.03. The standard InChI is InChI=1S/C28H40O2/c1-6-22(5)24-13-17-26(18-14-24)30-27(29-21(3)4)28(19-9-8-10-20-28)25-15-11-23(7-2)12-16-25/h11-18,21-22,27H,6-10,19-20H2,1-5H3. The Morgan fingerprint density at radius 1 is 0.833 bits per heavy atom. The Kier molecular flexibility index (Phi) is 7.99. The highest BCUT2D eigenvalue weighted by Gasteiger charge is 2.44. The third-order valence-corrected chi connectivity index (χ3v) is 6.83. The van der Waals surface area contributed by atoms with Crippen LogP contribution in [0.3, 0.4) is 0 Å². The van der Waals surface area contributed by atoms with Crippen molar-refractivity contribution in [2.75, 3.05) is 0 Å². The van der Waals surface area contributed by atoms with Crippen molar-refractivity contribution in [3.05, 3.63) is 65.2 Å². The van der Waals surface area contributed by atoms with E-state index in [0.717, 1.165) is 31.4 Å². The van der Waals surface area contributed by atoms with E-state index in [-0.39, 0.29) is 17.8 Å². The van der Waals surface area contributed by atoms with Crippen molar-refractivity contribution < 1.29 is 9.47 Å². The second-order valence-electron chi connectivity index (χ2n) is 9.28. The lowest BCUT2D eigenvalue weighted by Gasteiger charge is -2.44. The summed E-state index contributed by atoms with van der Waals surface area (Å²) in [5.74, 6) is 1.48. The van der Waals surface area contributed by atoms with Crippen LogP contribution >= 0.6 is 0 Å². The van der Waals surface area contributed by atoms with Gasteiger partial charge in [0.2, 0.25) is 6.29 Å². The molecule has 0 aliphatic heterocycles. The zero-order valence-corrected chi connectivity index (χ0v) is 19.6. The molecule has 1 fully saturated rings. The van der Waals surface area contributed by atoms with Crippen LogP contribution < -0.4 is 4.74 Å². The van der Waals surface area contributed by atoms with E-state index in [1.807, 2.05) is 0 Å². The van der Waals surface area contributed by atoms with Gasteiger partial charge in [0, 0.05) is 0 Å². The monoisotopic (exact) mass is 408 g/mol. The summed E-state index contributed by atoms with van der Waals surface area (Å²) in [4.78, 5) is 0. The largest absolute Gasteiger partial charge is 0.464 e. The molecule has 2 aromatic carbocycles. The predicted octanol–water partition coefficient (Wildman–Crippen LogP) is 7.79. The number of ether oxygens (including phenoxy) is 2. The second kappa shape index (κ2) is 10.5. The summed E-state index contributed by atoms with van der Waals surface area (Å²) in [5, 5.41) is 0. The highest BCUT2D eigenvalue weighted by Crippen LogP contribution is 2.44. The van der Waals surface area contributed by atoms with Gasteiger partial charge >= 0.3 is 0 Å². The number of rotatable bonds is 9. The van der Waals surface area contributed by atoms with Crippen molar-refractivity contribution in [1.82, 2.24) is 0 Å². The molecule has 1 aliphatic rings. The Hall–Kier alpha value is -1.80. The molecule has 1 aliphatic carbocycles. The van der Waals surface area contributed by atoms with Gasteiger partial charge in [-0.2, -0.15) is 0 Å². The lowest BCUT2D eigenvalue weighted by atomic mass is 9.68. The molecule has 2 heteroatoms. The number of hydrogen-bond acceptors (Lipinski definition) is 2. The quantitative estimate of drug-likeness (QED) is 0.394. The summed E-state index contributed by atoms with van der Waals surface area (Å²) in [6, 6.07) is 17.8. The first-order valence-electron chi connectivity index (χ1n) is 12.0. The molecule has 0 N–H and O–H groups in total. The molecular weight excluding hydrogens is 368 g/mol. The van der Waals surface area contributed by atoms with Gasteiger partial charge in [-0.25, -0.2) is 0 Å². The van der Waals surface area contributed by atoms with E-state index < -0.39 is 0 Å². The van der Waals surface area contributed by atoms with Crippen LogP contribution in [0.2, 0.25) is 0 Å². The lowest BCUT2D eigenvalue weighted by Crippen LogP contribution is -2.47. The first-order chi connectivity index (χ1) is 14.5. The summed E-state index contributed by atoms with van der Waals surface area (Å²) in [6.45, 7) is 10.9. The van der Waals surface area contributed by atoms with Gasteiger partial charge < -0.3 is 9.47 Å². The molecule has 0 amide bonds. The molecular formula is C28H40O2. The van der Waals surface area contributed by atoms with Crippen molar-refractivity contribution >= 4 is 0 Å². The Morgan fingerprint density at radius 2 is 1.47 bits per heavy atom. The minimum absolute atomic E-state index is 0.0931. The number of aryl methyl sites for hydroxylation is 1. The minimum atomic E-state index is -0.278. The van der Waals surface area contributed by atoms with Crippen LogP contribution in [-0.4, -0.2) is 12.4 Å². The Morgan fingerprint density at radius 3 is 2.00 bits per heavy atom. The third-order valence-electron chi connectivity index (χ3n) is 6.83. The molecule has 30 heavy (non-hydrogen) atoms. The van der Waals surface area contributed by atoms with Crippen LogP contribution in [0, 0.1) is 0 Å². The summed E-state index contributed by atoms with van der Waals surface area (Å²) in [5.41, 5.74) is 4.02. The number of benzene rings is 2. The Bertz CT molecular complexity index is 754. The van der Waals surface area contributed by atoms with Crippen molar-refractivity contribution in [2.45, 2.75) is 103 Å². The molecule has 2 aromatic rings. The van der Waals surface area contributed by atoms with Gasteiger partial charge in [-0.05, 0) is 74.3 Å². The first kappa shape index (κ1) is 22.9. The fourth-order valence-corrected chi connectivity index (χ4v) is 4.67. The van der Waals surface area contributed by atoms with Crippen molar-refractivity contribution in [1.29, 1.82) is 0 Å². The maximum absolute atomic E-state index is 6.63. The molecule has 2 nitrogen and oxygen atoms in total. The zero-order valence-electron chi connectivity index (χ0n) is 19.6. The maximum Gasteiger partial charge on any atom is 0.209 e. The lowest BCUT2D eigenvalue weighted by molar-refractivity contribution is -0.159. The molecule has 0 aromatic heterocycles. The Labute approximate surface area is 184 Å². The van der Waals surface area contributed by atoms with Crippen LogP contribution in [0.5, 0.6) is 5.75 Å². The minimum Gasteiger partial charge on any atom is -0.464 e. The van der Waals surface area contributed by atoms with E-state index >= 15 is 0 Å². The summed E-state index contributed by atoms with van der Waals surface area (Å²) < 4.78 is 13.1. The first-order valence-corrected chi connectivity index (χ1v) is 12.0. The zero-order chi connectivity index (χ0) is 21.6. The van der Waals surface area contributed by atoms with Gasteiger partial charge in [-0.1, -0.05) is 76.4 Å². The fourth-order valence-electron chi connectivity index (χ4n) is 4.67. The molecule has 0 bridgehead atoms. The van der Waals surface area contributed by atoms with Crippen molar-refractivity contribution in [3.8, 4) is 5.75 Å². The molecule has 1 saturated carbocycles. The molecule has 2 unspecified atom stereocenters. The fraction of sp³-hybridized carbons (Fsp3) is 0.571. The van der Waals surface area contributed by atoms with Gasteiger partial charge in [0.05, 0.1) is 11.5 Å². The molecule has 2 atom stereocenters. The molecule has 0 heterocycles. The van der Waals surface area contributed by atoms with Crippen LogP contribution in [0.25, 0.3) is 0 Å².